The van der Waals surface area contributed by atoms with Crippen molar-refractivity contribution in [1.82, 2.24) is 5.32 Å². The number of rotatable bonds is 5. The van der Waals surface area contributed by atoms with E-state index in [2.05, 4.69) is 5.32 Å². The van der Waals surface area contributed by atoms with Crippen molar-refractivity contribution in [3.05, 3.63) is 71.6 Å². The first kappa shape index (κ1) is 17.9. The molecule has 0 fully saturated rings. The van der Waals surface area contributed by atoms with E-state index in [1.807, 2.05) is 0 Å². The van der Waals surface area contributed by atoms with Gasteiger partial charge in [0.25, 0.3) is 0 Å². The maximum absolute atomic E-state index is 12.8. The second-order valence-corrected chi connectivity index (χ2v) is 7.47. The molecule has 126 valence electrons. The van der Waals surface area contributed by atoms with Crippen molar-refractivity contribution in [1.29, 1.82) is 0 Å². The molecule has 1 amide bonds. The Balaban J connectivity index is 1.99. The molecule has 0 bridgehead atoms. The summed E-state index contributed by atoms with van der Waals surface area (Å²) in [6.07, 6.45) is 4.11. The molecule has 1 N–H and O–H groups in total. The molecule has 0 radical (unpaired) electrons. The van der Waals surface area contributed by atoms with Gasteiger partial charge in [0.15, 0.2) is 9.84 Å². The van der Waals surface area contributed by atoms with Gasteiger partial charge in [0.2, 0.25) is 5.91 Å². The van der Waals surface area contributed by atoms with Crippen molar-refractivity contribution in [2.45, 2.75) is 17.9 Å². The Morgan fingerprint density at radius 1 is 1.08 bits per heavy atom. The predicted molar refractivity (Wildman–Crippen MR) is 91.5 cm³/mol. The highest BCUT2D eigenvalue weighted by molar-refractivity contribution is 7.90. The van der Waals surface area contributed by atoms with Crippen molar-refractivity contribution < 1.29 is 17.6 Å². The second-order valence-electron chi connectivity index (χ2n) is 5.46. The average molecular weight is 347 g/mol. The maximum Gasteiger partial charge on any atom is 0.244 e. The molecule has 0 unspecified atom stereocenters. The van der Waals surface area contributed by atoms with Gasteiger partial charge in [-0.25, -0.2) is 12.8 Å². The monoisotopic (exact) mass is 347 g/mol. The molecule has 0 aliphatic heterocycles. The van der Waals surface area contributed by atoms with Crippen molar-refractivity contribution in [2.24, 2.45) is 0 Å². The number of benzene rings is 2. The molecule has 0 spiro atoms. The molecule has 0 aliphatic carbocycles. The van der Waals surface area contributed by atoms with Gasteiger partial charge in [0.05, 0.1) is 10.9 Å². The fraction of sp³-hybridized carbons (Fsp3) is 0.167. The molecule has 0 aliphatic rings. The summed E-state index contributed by atoms with van der Waals surface area (Å²) >= 11 is 0. The first-order valence-electron chi connectivity index (χ1n) is 7.30. The summed E-state index contributed by atoms with van der Waals surface area (Å²) < 4.78 is 35.7. The lowest BCUT2D eigenvalue weighted by Crippen LogP contribution is -2.24. The zero-order chi connectivity index (χ0) is 17.7. The highest BCUT2D eigenvalue weighted by Crippen LogP contribution is 2.16. The van der Waals surface area contributed by atoms with Gasteiger partial charge in [-0.15, -0.1) is 0 Å². The van der Waals surface area contributed by atoms with Crippen LogP contribution in [0.2, 0.25) is 0 Å². The normalized spacial score (nSPS) is 13.0. The standard InChI is InChI=1S/C18H18FNO3S/c1-13(15-6-10-17(11-7-15)24(2,22)23)20-18(21)12-5-14-3-8-16(19)9-4-14/h3-13H,1-2H3,(H,20,21)/b12-5+/t13-/m1/s1. The molecule has 1 atom stereocenters. The molecule has 0 aromatic heterocycles. The van der Waals surface area contributed by atoms with Crippen LogP contribution < -0.4 is 5.32 Å². The van der Waals surface area contributed by atoms with E-state index >= 15 is 0 Å². The largest absolute Gasteiger partial charge is 0.346 e. The first-order chi connectivity index (χ1) is 11.3. The van der Waals surface area contributed by atoms with Crippen molar-refractivity contribution >= 4 is 21.8 Å². The highest BCUT2D eigenvalue weighted by atomic mass is 32.2. The molecular weight excluding hydrogens is 329 g/mol. The van der Waals surface area contributed by atoms with E-state index in [1.54, 1.807) is 37.3 Å². The number of sulfone groups is 1. The fourth-order valence-electron chi connectivity index (χ4n) is 2.09. The quantitative estimate of drug-likeness (QED) is 0.845. The fourth-order valence-corrected chi connectivity index (χ4v) is 2.72. The second kappa shape index (κ2) is 7.40. The third kappa shape index (κ3) is 5.03. The Morgan fingerprint density at radius 2 is 1.67 bits per heavy atom. The number of carbonyl (C=O) groups is 1. The van der Waals surface area contributed by atoms with Crippen molar-refractivity contribution in [3.63, 3.8) is 0 Å². The van der Waals surface area contributed by atoms with Crippen LogP contribution in [0.3, 0.4) is 0 Å². The molecule has 6 heteroatoms. The van der Waals surface area contributed by atoms with E-state index in [-0.39, 0.29) is 22.7 Å². The number of hydrogen-bond donors (Lipinski definition) is 1. The van der Waals surface area contributed by atoms with E-state index in [9.17, 15) is 17.6 Å². The zero-order valence-corrected chi connectivity index (χ0v) is 14.2. The predicted octanol–water partition coefficient (Wildman–Crippen LogP) is 3.12. The van der Waals surface area contributed by atoms with Crippen LogP contribution in [0.1, 0.15) is 24.1 Å². The molecule has 0 saturated carbocycles. The SMILES string of the molecule is C[C@@H](NC(=O)/C=C/c1ccc(F)cc1)c1ccc(S(C)(=O)=O)cc1. The Kier molecular flexibility index (Phi) is 5.51. The van der Waals surface area contributed by atoms with Crippen LogP contribution in [0.4, 0.5) is 4.39 Å². The Bertz CT molecular complexity index is 841. The Labute approximate surface area is 140 Å². The molecular formula is C18H18FNO3S. The number of hydrogen-bond acceptors (Lipinski definition) is 3. The van der Waals surface area contributed by atoms with E-state index < -0.39 is 9.84 Å². The van der Waals surface area contributed by atoms with Crippen LogP contribution in [0.25, 0.3) is 6.08 Å². The lowest BCUT2D eigenvalue weighted by molar-refractivity contribution is -0.117. The summed E-state index contributed by atoms with van der Waals surface area (Å²) in [7, 11) is -3.24. The minimum absolute atomic E-state index is 0.237. The summed E-state index contributed by atoms with van der Waals surface area (Å²) in [5.74, 6) is -0.623. The molecule has 0 heterocycles. The lowest BCUT2D eigenvalue weighted by atomic mass is 10.1. The minimum atomic E-state index is -3.24. The number of carbonyl (C=O) groups excluding carboxylic acids is 1. The highest BCUT2D eigenvalue weighted by Gasteiger charge is 2.10. The van der Waals surface area contributed by atoms with Gasteiger partial charge < -0.3 is 5.32 Å². The maximum atomic E-state index is 12.8. The lowest BCUT2D eigenvalue weighted by Gasteiger charge is -2.13. The number of amides is 1. The van der Waals surface area contributed by atoms with Gasteiger partial charge >= 0.3 is 0 Å². The van der Waals surface area contributed by atoms with Crippen LogP contribution in [-0.4, -0.2) is 20.6 Å². The molecule has 2 rings (SSSR count). The number of nitrogens with one attached hydrogen (secondary N) is 1. The van der Waals surface area contributed by atoms with Gasteiger partial charge in [-0.3, -0.25) is 4.79 Å². The molecule has 4 nitrogen and oxygen atoms in total. The van der Waals surface area contributed by atoms with Crippen molar-refractivity contribution in [2.75, 3.05) is 6.26 Å². The smallest absolute Gasteiger partial charge is 0.244 e. The van der Waals surface area contributed by atoms with Gasteiger partial charge in [-0.1, -0.05) is 24.3 Å². The van der Waals surface area contributed by atoms with Crippen molar-refractivity contribution in [3.8, 4) is 0 Å². The van der Waals surface area contributed by atoms with E-state index in [4.69, 9.17) is 0 Å². The van der Waals surface area contributed by atoms with E-state index in [0.717, 1.165) is 17.4 Å². The molecule has 24 heavy (non-hydrogen) atoms. The molecule has 2 aromatic carbocycles. The number of halogens is 1. The third-order valence-electron chi connectivity index (χ3n) is 3.46. The van der Waals surface area contributed by atoms with E-state index in [1.165, 1.54) is 30.3 Å². The van der Waals surface area contributed by atoms with Crippen LogP contribution >= 0.6 is 0 Å². The van der Waals surface area contributed by atoms with Gasteiger partial charge in [0, 0.05) is 12.3 Å². The van der Waals surface area contributed by atoms with Crippen LogP contribution in [0.5, 0.6) is 0 Å². The third-order valence-corrected chi connectivity index (χ3v) is 4.59. The first-order valence-corrected chi connectivity index (χ1v) is 9.19. The van der Waals surface area contributed by atoms with E-state index in [0.29, 0.717) is 0 Å². The summed E-state index contributed by atoms with van der Waals surface area (Å²) in [6.45, 7) is 1.80. The van der Waals surface area contributed by atoms with Gasteiger partial charge in [-0.2, -0.15) is 0 Å². The summed E-state index contributed by atoms with van der Waals surface area (Å²) in [6, 6.07) is 11.9. The zero-order valence-electron chi connectivity index (χ0n) is 13.4. The van der Waals surface area contributed by atoms with Gasteiger partial charge in [0.1, 0.15) is 5.82 Å². The molecule has 0 saturated heterocycles. The van der Waals surface area contributed by atoms with Gasteiger partial charge in [-0.05, 0) is 48.4 Å². The van der Waals surface area contributed by atoms with Crippen LogP contribution in [0.15, 0.2) is 59.5 Å². The minimum Gasteiger partial charge on any atom is -0.346 e. The van der Waals surface area contributed by atoms with Crippen LogP contribution in [0, 0.1) is 5.82 Å². The Morgan fingerprint density at radius 3 is 2.21 bits per heavy atom. The summed E-state index contributed by atoms with van der Waals surface area (Å²) in [4.78, 5) is 12.2. The average Bonchev–Trinajstić information content (AvgIpc) is 2.53. The summed E-state index contributed by atoms with van der Waals surface area (Å²) in [5.41, 5.74) is 1.52. The summed E-state index contributed by atoms with van der Waals surface area (Å²) in [5, 5.41) is 2.79. The topological polar surface area (TPSA) is 63.2 Å². The van der Waals surface area contributed by atoms with Crippen LogP contribution in [-0.2, 0) is 14.6 Å². The Hall–Kier alpha value is -2.47. The molecule has 2 aromatic rings.